The first-order valence-corrected chi connectivity index (χ1v) is 13.7. The zero-order valence-electron chi connectivity index (χ0n) is 22.6. The topological polar surface area (TPSA) is 105 Å². The number of likely N-dealkylation sites (tertiary alicyclic amines) is 1. The van der Waals surface area contributed by atoms with Gasteiger partial charge in [-0.05, 0) is 55.6 Å². The molecule has 39 heavy (non-hydrogen) atoms. The Morgan fingerprint density at radius 2 is 1.97 bits per heavy atom. The van der Waals surface area contributed by atoms with Crippen molar-refractivity contribution in [3.63, 3.8) is 0 Å². The molecule has 5 heterocycles. The second-order valence-corrected chi connectivity index (χ2v) is 10.7. The minimum Gasteiger partial charge on any atom is -0.494 e. The largest absolute Gasteiger partial charge is 0.494 e. The lowest BCUT2D eigenvalue weighted by molar-refractivity contribution is -0.141. The number of aryl methyl sites for hydroxylation is 1. The first-order chi connectivity index (χ1) is 19.0. The summed E-state index contributed by atoms with van der Waals surface area (Å²) >= 11 is 0. The Hall–Kier alpha value is -3.79. The number of nitrogens with zero attached hydrogens (tertiary/aromatic N) is 6. The Kier molecular flexibility index (Phi) is 8.51. The number of carbonyl (C=O) groups is 2. The third-order valence-electron chi connectivity index (χ3n) is 7.66. The van der Waals surface area contributed by atoms with E-state index in [-0.39, 0.29) is 11.8 Å². The molecule has 10 nitrogen and oxygen atoms in total. The van der Waals surface area contributed by atoms with Crippen molar-refractivity contribution in [3.05, 3.63) is 71.8 Å². The molecule has 1 spiro atoms. The highest BCUT2D eigenvalue weighted by Crippen LogP contribution is 2.35. The molecule has 0 unspecified atom stereocenters. The number of likely N-dealkylation sites (N-methyl/N-ethyl adjacent to an activating group) is 1. The molecule has 6 rings (SSSR count). The van der Waals surface area contributed by atoms with Crippen LogP contribution < -0.4 is 10.1 Å². The van der Waals surface area contributed by atoms with Crippen LogP contribution in [-0.4, -0.2) is 81.4 Å². The standard InChI is InChI=1S/C29H37N7O3/c1-34(20-24-4-2-12-30-19-24)22-27(37)35-15-10-29(11-16-35)18-25-21-36(33-32-25)14-3-17-39-26-7-5-23(6-8-26)9-13-31-28(29)38/h2,4-8,12,19,21H,3,9-11,13-18,20,22H2,1H3,(H,31,38). The van der Waals surface area contributed by atoms with E-state index in [9.17, 15) is 9.59 Å². The molecule has 10 heteroatoms. The first kappa shape index (κ1) is 26.8. The van der Waals surface area contributed by atoms with E-state index in [1.165, 1.54) is 0 Å². The van der Waals surface area contributed by atoms with Crippen LogP contribution in [0, 0.1) is 5.41 Å². The normalized spacial score (nSPS) is 18.0. The van der Waals surface area contributed by atoms with Gasteiger partial charge >= 0.3 is 0 Å². The minimum atomic E-state index is -0.625. The monoisotopic (exact) mass is 531 g/mol. The molecule has 206 valence electrons. The number of benzene rings is 1. The van der Waals surface area contributed by atoms with Crippen molar-refractivity contribution in [2.75, 3.05) is 39.8 Å². The van der Waals surface area contributed by atoms with E-state index in [0.29, 0.717) is 65.1 Å². The molecule has 0 atom stereocenters. The van der Waals surface area contributed by atoms with E-state index < -0.39 is 5.41 Å². The van der Waals surface area contributed by atoms with Gasteiger partial charge in [-0.15, -0.1) is 5.10 Å². The summed E-state index contributed by atoms with van der Waals surface area (Å²) in [5.74, 6) is 0.953. The van der Waals surface area contributed by atoms with E-state index >= 15 is 0 Å². The molecule has 3 aliphatic heterocycles. The lowest BCUT2D eigenvalue weighted by atomic mass is 9.74. The molecule has 0 radical (unpaired) electrons. The number of nitrogens with one attached hydrogen (secondary N) is 1. The smallest absolute Gasteiger partial charge is 0.236 e. The van der Waals surface area contributed by atoms with Crippen LogP contribution in [0.25, 0.3) is 0 Å². The van der Waals surface area contributed by atoms with Gasteiger partial charge < -0.3 is 15.0 Å². The van der Waals surface area contributed by atoms with Gasteiger partial charge in [-0.25, -0.2) is 0 Å². The molecule has 3 aromatic rings. The van der Waals surface area contributed by atoms with Gasteiger partial charge in [0, 0.05) is 64.2 Å². The summed E-state index contributed by atoms with van der Waals surface area (Å²) in [4.78, 5) is 34.8. The first-order valence-electron chi connectivity index (χ1n) is 13.7. The Morgan fingerprint density at radius 3 is 2.74 bits per heavy atom. The van der Waals surface area contributed by atoms with Gasteiger partial charge in [0.1, 0.15) is 5.75 Å². The lowest BCUT2D eigenvalue weighted by Crippen LogP contribution is -2.52. The zero-order chi connectivity index (χ0) is 27.1. The van der Waals surface area contributed by atoms with E-state index in [1.54, 1.807) is 6.20 Å². The summed E-state index contributed by atoms with van der Waals surface area (Å²) in [6.45, 7) is 3.91. The van der Waals surface area contributed by atoms with Crippen LogP contribution in [-0.2, 0) is 35.5 Å². The second kappa shape index (κ2) is 12.4. The van der Waals surface area contributed by atoms with Gasteiger partial charge in [-0.1, -0.05) is 23.4 Å². The van der Waals surface area contributed by atoms with Gasteiger partial charge in [0.05, 0.1) is 24.3 Å². The number of hydrogen-bond donors (Lipinski definition) is 1. The van der Waals surface area contributed by atoms with Crippen molar-refractivity contribution in [1.82, 2.24) is 35.1 Å². The number of fused-ring (bicyclic) bond motifs is 8. The second-order valence-electron chi connectivity index (χ2n) is 10.7. The van der Waals surface area contributed by atoms with Crippen LogP contribution in [0.4, 0.5) is 0 Å². The fraction of sp³-hybridized carbons (Fsp3) is 0.483. The summed E-state index contributed by atoms with van der Waals surface area (Å²) in [7, 11) is 1.94. The fourth-order valence-electron chi connectivity index (χ4n) is 5.41. The average Bonchev–Trinajstić information content (AvgIpc) is 3.39. The molecule has 4 bridgehead atoms. The molecular weight excluding hydrogens is 494 g/mol. The maximum Gasteiger partial charge on any atom is 0.236 e. The SMILES string of the molecule is CN(CC(=O)N1CCC2(CC1)Cc1cn(nn1)CCCOc1ccc(cc1)CCNC2=O)Cc1cccnc1. The summed E-state index contributed by atoms with van der Waals surface area (Å²) in [6, 6.07) is 12.0. The number of carbonyl (C=O) groups excluding carboxylic acids is 2. The number of hydrogen-bond acceptors (Lipinski definition) is 7. The van der Waals surface area contributed by atoms with Crippen molar-refractivity contribution < 1.29 is 14.3 Å². The molecule has 0 saturated carbocycles. The van der Waals surface area contributed by atoms with Gasteiger partial charge in [0.2, 0.25) is 11.8 Å². The van der Waals surface area contributed by atoms with Crippen molar-refractivity contribution in [1.29, 1.82) is 0 Å². The summed E-state index contributed by atoms with van der Waals surface area (Å²) in [5, 5.41) is 11.9. The molecule has 3 aliphatic rings. The van der Waals surface area contributed by atoms with E-state index in [0.717, 1.165) is 35.4 Å². The number of pyridine rings is 1. The number of rotatable bonds is 4. The van der Waals surface area contributed by atoms with Crippen LogP contribution in [0.1, 0.15) is 36.1 Å². The quantitative estimate of drug-likeness (QED) is 0.550. The molecule has 1 fully saturated rings. The summed E-state index contributed by atoms with van der Waals surface area (Å²) in [5.41, 5.74) is 2.40. The number of amides is 2. The molecule has 2 amide bonds. The third kappa shape index (κ3) is 7.00. The third-order valence-corrected chi connectivity index (χ3v) is 7.66. The van der Waals surface area contributed by atoms with Gasteiger partial charge in [0.25, 0.3) is 0 Å². The number of piperidine rings is 1. The minimum absolute atomic E-state index is 0.0297. The zero-order valence-corrected chi connectivity index (χ0v) is 22.6. The molecular formula is C29H37N7O3. The predicted octanol–water partition coefficient (Wildman–Crippen LogP) is 2.10. The fourth-order valence-corrected chi connectivity index (χ4v) is 5.41. The predicted molar refractivity (Wildman–Crippen MR) is 146 cm³/mol. The number of ether oxygens (including phenoxy) is 1. The lowest BCUT2D eigenvalue weighted by Gasteiger charge is -2.40. The van der Waals surface area contributed by atoms with Crippen molar-refractivity contribution >= 4 is 11.8 Å². The van der Waals surface area contributed by atoms with Crippen molar-refractivity contribution in [2.24, 2.45) is 5.41 Å². The average molecular weight is 532 g/mol. The van der Waals surface area contributed by atoms with E-state index in [2.05, 4.69) is 20.6 Å². The number of aromatic nitrogens is 4. The summed E-state index contributed by atoms with van der Waals surface area (Å²) in [6.07, 6.45) is 8.74. The summed E-state index contributed by atoms with van der Waals surface area (Å²) < 4.78 is 7.68. The van der Waals surface area contributed by atoms with E-state index in [1.807, 2.05) is 70.3 Å². The van der Waals surface area contributed by atoms with Gasteiger partial charge in [-0.2, -0.15) is 0 Å². The Balaban J connectivity index is 1.24. The highest BCUT2D eigenvalue weighted by molar-refractivity contribution is 5.84. The Bertz CT molecular complexity index is 1240. The van der Waals surface area contributed by atoms with Gasteiger partial charge in [0.15, 0.2) is 0 Å². The van der Waals surface area contributed by atoms with E-state index in [4.69, 9.17) is 4.74 Å². The van der Waals surface area contributed by atoms with Crippen LogP contribution in [0.3, 0.4) is 0 Å². The highest BCUT2D eigenvalue weighted by atomic mass is 16.5. The Morgan fingerprint density at radius 1 is 1.15 bits per heavy atom. The Labute approximate surface area is 229 Å². The van der Waals surface area contributed by atoms with Crippen LogP contribution in [0.15, 0.2) is 55.0 Å². The maximum absolute atomic E-state index is 13.7. The maximum atomic E-state index is 13.7. The molecule has 1 aromatic carbocycles. The molecule has 0 aliphatic carbocycles. The van der Waals surface area contributed by atoms with Crippen LogP contribution in [0.5, 0.6) is 5.75 Å². The highest BCUT2D eigenvalue weighted by Gasteiger charge is 2.43. The molecule has 2 aromatic heterocycles. The molecule has 1 N–H and O–H groups in total. The van der Waals surface area contributed by atoms with Crippen molar-refractivity contribution in [2.45, 2.75) is 45.2 Å². The van der Waals surface area contributed by atoms with Gasteiger partial charge in [-0.3, -0.25) is 24.2 Å². The van der Waals surface area contributed by atoms with Crippen molar-refractivity contribution in [3.8, 4) is 5.75 Å². The molecule has 1 saturated heterocycles. The van der Waals surface area contributed by atoms with Crippen LogP contribution in [0.2, 0.25) is 0 Å². The van der Waals surface area contributed by atoms with Crippen LogP contribution >= 0.6 is 0 Å².